The molecule has 0 spiro atoms. The van der Waals surface area contributed by atoms with Crippen LogP contribution in [-0.2, 0) is 10.3 Å². The van der Waals surface area contributed by atoms with Crippen molar-refractivity contribution in [2.45, 2.75) is 32.1 Å². The van der Waals surface area contributed by atoms with Crippen LogP contribution in [0.15, 0.2) is 6.20 Å². The smallest absolute Gasteiger partial charge is 0.0776 e. The van der Waals surface area contributed by atoms with Crippen molar-refractivity contribution in [3.05, 3.63) is 23.0 Å². The number of nitrogens with one attached hydrogen (secondary N) is 1. The van der Waals surface area contributed by atoms with Gasteiger partial charge in [0.15, 0.2) is 0 Å². The predicted octanol–water partition coefficient (Wildman–Crippen LogP) is 1.55. The molecule has 3 heteroatoms. The number of H-pyrrole nitrogens is 1. The highest BCUT2D eigenvalue weighted by molar-refractivity contribution is 5.41. The molecule has 1 heterocycles. The fourth-order valence-corrected chi connectivity index (χ4v) is 2.25. The fourth-order valence-electron chi connectivity index (χ4n) is 2.25. The van der Waals surface area contributed by atoms with E-state index in [-0.39, 0.29) is 5.41 Å². The molecule has 0 bridgehead atoms. The third kappa shape index (κ3) is 1.28. The van der Waals surface area contributed by atoms with Crippen LogP contribution in [0.5, 0.6) is 0 Å². The van der Waals surface area contributed by atoms with Crippen LogP contribution in [0.4, 0.5) is 0 Å². The highest BCUT2D eigenvalue weighted by Gasteiger charge is 2.46. The lowest BCUT2D eigenvalue weighted by Crippen LogP contribution is -2.19. The third-order valence-corrected chi connectivity index (χ3v) is 3.02. The summed E-state index contributed by atoms with van der Waals surface area (Å²) in [6, 6.07) is 0. The summed E-state index contributed by atoms with van der Waals surface area (Å²) in [7, 11) is 0. The lowest BCUT2D eigenvalue weighted by molar-refractivity contribution is 0.116. The molecular weight excluding hydrogens is 164 g/mol. The molecule has 0 atom stereocenters. The maximum absolute atomic E-state index is 5.15. The predicted molar refractivity (Wildman–Crippen MR) is 51.3 cm³/mol. The van der Waals surface area contributed by atoms with E-state index in [0.29, 0.717) is 6.61 Å². The van der Waals surface area contributed by atoms with E-state index in [1.54, 1.807) is 0 Å². The van der Waals surface area contributed by atoms with E-state index < -0.39 is 0 Å². The normalized spacial score (nSPS) is 19.0. The SMILES string of the molecule is Cc1c[nH]c(C)c1C1(CON)CC1. The van der Waals surface area contributed by atoms with E-state index in [2.05, 4.69) is 25.0 Å². The average molecular weight is 180 g/mol. The summed E-state index contributed by atoms with van der Waals surface area (Å²) in [6.07, 6.45) is 4.45. The molecule has 0 aliphatic heterocycles. The lowest BCUT2D eigenvalue weighted by atomic mass is 9.94. The maximum atomic E-state index is 5.15. The van der Waals surface area contributed by atoms with Gasteiger partial charge in [-0.3, -0.25) is 0 Å². The first kappa shape index (κ1) is 8.78. The minimum Gasteiger partial charge on any atom is -0.365 e. The second kappa shape index (κ2) is 2.86. The molecule has 0 unspecified atom stereocenters. The standard InChI is InChI=1S/C10H16N2O/c1-7-5-12-8(2)9(7)10(3-4-10)6-13-11/h5,12H,3-4,6,11H2,1-2H3. The molecule has 1 fully saturated rings. The van der Waals surface area contributed by atoms with Crippen molar-refractivity contribution >= 4 is 0 Å². The number of aryl methyl sites for hydroxylation is 2. The number of nitrogens with two attached hydrogens (primary N) is 1. The maximum Gasteiger partial charge on any atom is 0.0776 e. The molecule has 2 rings (SSSR count). The number of aromatic amines is 1. The monoisotopic (exact) mass is 180 g/mol. The van der Waals surface area contributed by atoms with Crippen LogP contribution in [0.25, 0.3) is 0 Å². The number of rotatable bonds is 3. The first-order valence-electron chi connectivity index (χ1n) is 4.66. The molecule has 72 valence electrons. The molecule has 13 heavy (non-hydrogen) atoms. The van der Waals surface area contributed by atoms with E-state index in [1.165, 1.54) is 29.7 Å². The summed E-state index contributed by atoms with van der Waals surface area (Å²) in [5, 5.41) is 0. The fraction of sp³-hybridized carbons (Fsp3) is 0.600. The molecule has 0 saturated heterocycles. The van der Waals surface area contributed by atoms with Crippen LogP contribution >= 0.6 is 0 Å². The van der Waals surface area contributed by atoms with Crippen molar-refractivity contribution in [1.82, 2.24) is 4.98 Å². The van der Waals surface area contributed by atoms with E-state index in [4.69, 9.17) is 10.7 Å². The van der Waals surface area contributed by atoms with Gasteiger partial charge in [-0.25, -0.2) is 5.90 Å². The molecule has 0 aromatic carbocycles. The second-order valence-corrected chi connectivity index (χ2v) is 4.06. The Morgan fingerprint density at radius 3 is 2.62 bits per heavy atom. The first-order chi connectivity index (χ1) is 6.19. The highest BCUT2D eigenvalue weighted by atomic mass is 16.6. The van der Waals surface area contributed by atoms with Gasteiger partial charge in [0.2, 0.25) is 0 Å². The Hall–Kier alpha value is -0.800. The lowest BCUT2D eigenvalue weighted by Gasteiger charge is -2.14. The van der Waals surface area contributed by atoms with Gasteiger partial charge in [0, 0.05) is 17.3 Å². The molecular formula is C10H16N2O. The van der Waals surface area contributed by atoms with Crippen molar-refractivity contribution in [2.24, 2.45) is 5.90 Å². The molecule has 1 aliphatic rings. The Morgan fingerprint density at radius 1 is 1.54 bits per heavy atom. The molecule has 1 aliphatic carbocycles. The van der Waals surface area contributed by atoms with Crippen LogP contribution in [0.3, 0.4) is 0 Å². The Balaban J connectivity index is 2.34. The van der Waals surface area contributed by atoms with Gasteiger partial charge in [-0.2, -0.15) is 0 Å². The van der Waals surface area contributed by atoms with Gasteiger partial charge in [0.25, 0.3) is 0 Å². The van der Waals surface area contributed by atoms with Crippen molar-refractivity contribution in [3.8, 4) is 0 Å². The Morgan fingerprint density at radius 2 is 2.23 bits per heavy atom. The zero-order chi connectivity index (χ0) is 9.47. The zero-order valence-corrected chi connectivity index (χ0v) is 8.18. The van der Waals surface area contributed by atoms with Gasteiger partial charge in [0.05, 0.1) is 6.61 Å². The van der Waals surface area contributed by atoms with Gasteiger partial charge in [-0.05, 0) is 37.8 Å². The summed E-state index contributed by atoms with van der Waals surface area (Å²) in [6.45, 7) is 4.89. The van der Waals surface area contributed by atoms with Crippen LogP contribution in [0.2, 0.25) is 0 Å². The largest absolute Gasteiger partial charge is 0.365 e. The number of hydrogen-bond acceptors (Lipinski definition) is 2. The molecule has 0 radical (unpaired) electrons. The van der Waals surface area contributed by atoms with Crippen LogP contribution in [-0.4, -0.2) is 11.6 Å². The van der Waals surface area contributed by atoms with E-state index in [1.807, 2.05) is 0 Å². The Labute approximate surface area is 78.2 Å². The molecule has 0 amide bonds. The topological polar surface area (TPSA) is 51.0 Å². The van der Waals surface area contributed by atoms with Gasteiger partial charge in [-0.1, -0.05) is 0 Å². The molecule has 3 N–H and O–H groups in total. The van der Waals surface area contributed by atoms with Crippen molar-refractivity contribution < 1.29 is 4.84 Å². The summed E-state index contributed by atoms with van der Waals surface area (Å²) in [5.74, 6) is 5.15. The van der Waals surface area contributed by atoms with Crippen LogP contribution < -0.4 is 5.90 Å². The van der Waals surface area contributed by atoms with Crippen molar-refractivity contribution in [3.63, 3.8) is 0 Å². The van der Waals surface area contributed by atoms with Crippen molar-refractivity contribution in [1.29, 1.82) is 0 Å². The summed E-state index contributed by atoms with van der Waals surface area (Å²) < 4.78 is 0. The average Bonchev–Trinajstić information content (AvgIpc) is 2.76. The van der Waals surface area contributed by atoms with E-state index in [0.717, 1.165) is 0 Å². The number of aromatic nitrogens is 1. The Kier molecular flexibility index (Phi) is 1.93. The van der Waals surface area contributed by atoms with Gasteiger partial charge in [-0.15, -0.1) is 0 Å². The third-order valence-electron chi connectivity index (χ3n) is 3.02. The first-order valence-corrected chi connectivity index (χ1v) is 4.66. The highest BCUT2D eigenvalue weighted by Crippen LogP contribution is 2.50. The van der Waals surface area contributed by atoms with Gasteiger partial charge >= 0.3 is 0 Å². The van der Waals surface area contributed by atoms with Crippen LogP contribution in [0.1, 0.15) is 29.7 Å². The minimum atomic E-state index is 0.225. The second-order valence-electron chi connectivity index (χ2n) is 4.06. The van der Waals surface area contributed by atoms with Gasteiger partial charge in [0.1, 0.15) is 0 Å². The van der Waals surface area contributed by atoms with E-state index >= 15 is 0 Å². The van der Waals surface area contributed by atoms with E-state index in [9.17, 15) is 0 Å². The van der Waals surface area contributed by atoms with Crippen LogP contribution in [0, 0.1) is 13.8 Å². The molecule has 1 aromatic heterocycles. The molecule has 3 nitrogen and oxygen atoms in total. The molecule has 1 aromatic rings. The summed E-state index contributed by atoms with van der Waals surface area (Å²) in [4.78, 5) is 8.03. The number of hydrogen-bond donors (Lipinski definition) is 2. The Bertz CT molecular complexity index is 293. The minimum absolute atomic E-state index is 0.225. The summed E-state index contributed by atoms with van der Waals surface area (Å²) >= 11 is 0. The zero-order valence-electron chi connectivity index (χ0n) is 8.18. The molecule has 1 saturated carbocycles. The van der Waals surface area contributed by atoms with Gasteiger partial charge < -0.3 is 9.82 Å². The van der Waals surface area contributed by atoms with Crippen molar-refractivity contribution in [2.75, 3.05) is 6.61 Å². The quantitative estimate of drug-likeness (QED) is 0.693. The summed E-state index contributed by atoms with van der Waals surface area (Å²) in [5.41, 5.74) is 4.22.